The number of fused-ring (bicyclic) bond motifs is 4. The van der Waals surface area contributed by atoms with Crippen LogP contribution in [-0.2, 0) is 71.5 Å². The first-order valence-electron chi connectivity index (χ1n) is 23.3. The van der Waals surface area contributed by atoms with Gasteiger partial charge in [0.15, 0.2) is 0 Å². The van der Waals surface area contributed by atoms with E-state index in [0.717, 1.165) is 11.6 Å². The predicted molar refractivity (Wildman–Crippen MR) is 283 cm³/mol. The normalized spacial score (nSPS) is 19.3. The number of aryl methyl sites for hydroxylation is 1. The number of hydrogen-bond acceptors (Lipinski definition) is 15. The number of benzene rings is 3. The predicted octanol–water partition coefficient (Wildman–Crippen LogP) is 6.31. The van der Waals surface area contributed by atoms with Crippen LogP contribution in [-0.4, -0.2) is 146 Å². The van der Waals surface area contributed by atoms with Crippen molar-refractivity contribution in [2.45, 2.75) is 100 Å². The van der Waals surface area contributed by atoms with E-state index in [1.165, 1.54) is 6.07 Å². The molecule has 1 fully saturated rings. The molecule has 0 aliphatic carbocycles. The summed E-state index contributed by atoms with van der Waals surface area (Å²) >= 11 is 6.61. The minimum absolute atomic E-state index is 0. The van der Waals surface area contributed by atoms with Crippen molar-refractivity contribution in [2.75, 3.05) is 29.5 Å². The molecule has 3 aromatic rings. The van der Waals surface area contributed by atoms with Gasteiger partial charge < -0.3 is 14.6 Å². The summed E-state index contributed by atoms with van der Waals surface area (Å²) in [7, 11) is -18.5. The number of carbonyl (C=O) groups is 3. The van der Waals surface area contributed by atoms with Crippen LogP contribution in [0, 0.1) is 5.41 Å². The number of aliphatic imine (C=N–C) groups is 1. The second kappa shape index (κ2) is 22.8. The second-order valence-electron chi connectivity index (χ2n) is 19.4. The summed E-state index contributed by atoms with van der Waals surface area (Å²) in [5.74, 6) is -2.36. The van der Waals surface area contributed by atoms with Crippen LogP contribution < -0.4 is 4.90 Å². The Kier molecular flexibility index (Phi) is 18.1. The molecule has 400 valence electrons. The van der Waals surface area contributed by atoms with Crippen LogP contribution >= 0.6 is 11.6 Å². The number of allylic oxidation sites excluding steroid dienone is 7. The monoisotopic (exact) mass is 1140 g/mol. The minimum atomic E-state index is -5.05. The average Bonchev–Trinajstić information content (AvgIpc) is 3.83. The summed E-state index contributed by atoms with van der Waals surface area (Å²) in [5, 5.41) is 0.967. The number of anilines is 1. The third kappa shape index (κ3) is 14.0. The fourth-order valence-corrected chi connectivity index (χ4v) is 12.3. The molecule has 0 radical (unpaired) electrons. The molecule has 0 bridgehead atoms. The third-order valence-electron chi connectivity index (χ3n) is 13.3. The molecular weight excluding hydrogens is 1090 g/mol. The van der Waals surface area contributed by atoms with Crippen LogP contribution in [0.4, 0.5) is 5.69 Å². The Labute approximate surface area is 463 Å². The van der Waals surface area contributed by atoms with Crippen LogP contribution in [0.5, 0.6) is 0 Å². The average molecular weight is 1140 g/mol. The summed E-state index contributed by atoms with van der Waals surface area (Å²) in [6.07, 6.45) is 11.6. The zero-order valence-electron chi connectivity index (χ0n) is 40.6. The molecule has 20 nitrogen and oxygen atoms in total. The molecule has 26 heteroatoms. The van der Waals surface area contributed by atoms with Gasteiger partial charge in [0.2, 0.25) is 0 Å². The van der Waals surface area contributed by atoms with E-state index in [1.807, 2.05) is 73.9 Å². The van der Waals surface area contributed by atoms with Gasteiger partial charge in [-0.1, -0.05) is 87.9 Å². The first-order chi connectivity index (χ1) is 34.3. The molecule has 3 aromatic carbocycles. The van der Waals surface area contributed by atoms with Gasteiger partial charge in [-0.05, 0) is 90.1 Å². The number of imide groups is 1. The van der Waals surface area contributed by atoms with Crippen molar-refractivity contribution in [2.24, 2.45) is 10.4 Å². The van der Waals surface area contributed by atoms with Crippen LogP contribution in [0.25, 0.3) is 16.3 Å². The number of halogens is 1. The van der Waals surface area contributed by atoms with Crippen molar-refractivity contribution < 1.29 is 71.1 Å². The van der Waals surface area contributed by atoms with E-state index in [0.29, 0.717) is 68.6 Å². The fraction of sp³-hybridized carbons (Fsp3) is 0.388. The Balaban J connectivity index is 0.00000914. The second-order valence-corrected chi connectivity index (χ2v) is 25.8. The van der Waals surface area contributed by atoms with Crippen LogP contribution in [0.1, 0.15) is 89.3 Å². The molecule has 0 saturated carbocycles. The summed E-state index contributed by atoms with van der Waals surface area (Å²) in [6, 6.07) is 11.4. The van der Waals surface area contributed by atoms with Gasteiger partial charge in [0.25, 0.3) is 52.3 Å². The summed E-state index contributed by atoms with van der Waals surface area (Å²) < 4.78 is 136. The van der Waals surface area contributed by atoms with Crippen molar-refractivity contribution in [3.63, 3.8) is 0 Å². The molecule has 1 unspecified atom stereocenters. The van der Waals surface area contributed by atoms with Gasteiger partial charge in [0, 0.05) is 59.6 Å². The van der Waals surface area contributed by atoms with E-state index in [-0.39, 0.29) is 91.8 Å². The number of amidine groups is 1. The zero-order valence-corrected chi connectivity index (χ0v) is 44.7. The van der Waals surface area contributed by atoms with Crippen molar-refractivity contribution in [3.05, 3.63) is 118 Å². The molecule has 75 heavy (non-hydrogen) atoms. The van der Waals surface area contributed by atoms with Gasteiger partial charge in [0.1, 0.15) is 10.7 Å². The first kappa shape index (κ1) is 59.7. The maximum atomic E-state index is 12.9. The maximum absolute atomic E-state index is 12.9. The van der Waals surface area contributed by atoms with E-state index >= 15 is 0 Å². The molecule has 0 spiro atoms. The molecule has 1 saturated heterocycles. The van der Waals surface area contributed by atoms with Crippen molar-refractivity contribution in [1.29, 1.82) is 0 Å². The fourth-order valence-electron chi connectivity index (χ4n) is 9.63. The van der Waals surface area contributed by atoms with E-state index < -0.39 is 96.4 Å². The summed E-state index contributed by atoms with van der Waals surface area (Å²) in [6.45, 7) is 8.12. The summed E-state index contributed by atoms with van der Waals surface area (Å²) in [4.78, 5) is 49.4. The van der Waals surface area contributed by atoms with Crippen molar-refractivity contribution in [3.8, 4) is 0 Å². The quantitative estimate of drug-likeness (QED) is 0.0317. The molecule has 4 aliphatic heterocycles. The van der Waals surface area contributed by atoms with E-state index in [9.17, 15) is 66.3 Å². The number of rotatable bonds is 20. The van der Waals surface area contributed by atoms with Gasteiger partial charge >= 0.3 is 35.5 Å². The number of hydroxylamine groups is 2. The van der Waals surface area contributed by atoms with Crippen LogP contribution in [0.3, 0.4) is 0 Å². The number of hydrogen-bond donors (Lipinski definition) is 4. The summed E-state index contributed by atoms with van der Waals surface area (Å²) in [5.41, 5.74) is 2.52. The molecule has 4 heterocycles. The molecule has 1 atom stereocenters. The standard InChI is InChI=1S/C49H55ClN4O16S4.Na.H/c1-48(2)38-27-34(50)30-52(22-5-7-24-71(58,59)60)47(38)51-41(48)17-13-32(33-11-9-10-31(26-33)12-21-45(57)70-54-43(55)19-20-44(54)56)14-18-42-49(3,4)46-37-28-35(73(64,65)66)29-40(74(67,68)69)36(37)15-16-39(46)53(42)23-6-8-25-72(61,62)63;;/h9-11,13-18,26-30,42H,5-8,12,19-25H2,1-4H3,(H,58,59,60)(H,61,62,63)(H,64,65,66)(H,67,68,69);;. The van der Waals surface area contributed by atoms with Gasteiger partial charge in [0.05, 0.1) is 39.6 Å². The Morgan fingerprint density at radius 3 is 2.08 bits per heavy atom. The Morgan fingerprint density at radius 2 is 1.47 bits per heavy atom. The zero-order chi connectivity index (χ0) is 54.3. The Morgan fingerprint density at radius 1 is 0.827 bits per heavy atom. The molecular formula is C49H56ClN4NaO16S4. The van der Waals surface area contributed by atoms with Gasteiger partial charge in [-0.15, -0.1) is 5.06 Å². The molecule has 2 amide bonds. The molecule has 0 aromatic heterocycles. The van der Waals surface area contributed by atoms with Crippen molar-refractivity contribution in [1.82, 2.24) is 9.96 Å². The third-order valence-corrected chi connectivity index (χ3v) is 16.9. The number of unbranched alkanes of at least 4 members (excludes halogenated alkanes) is 2. The topological polar surface area (TPSA) is 300 Å². The molecule has 7 rings (SSSR count). The van der Waals surface area contributed by atoms with Gasteiger partial charge in [-0.25, -0.2) is 9.79 Å². The number of nitrogens with zero attached hydrogens (tertiary/aromatic N) is 4. The van der Waals surface area contributed by atoms with E-state index in [1.54, 1.807) is 30.5 Å². The van der Waals surface area contributed by atoms with Gasteiger partial charge in [-0.2, -0.15) is 33.7 Å². The van der Waals surface area contributed by atoms with E-state index in [4.69, 9.17) is 21.4 Å². The molecule has 4 N–H and O–H groups in total. The Bertz CT molecular complexity index is 3480. The number of carbonyl (C=O) groups excluding carboxylic acids is 3. The van der Waals surface area contributed by atoms with Crippen molar-refractivity contribution >= 4 is 127 Å². The van der Waals surface area contributed by atoms with Crippen LogP contribution in [0.15, 0.2) is 116 Å². The Hall–Kier alpha value is -4.57. The van der Waals surface area contributed by atoms with Gasteiger partial charge in [-0.3, -0.25) is 27.8 Å². The van der Waals surface area contributed by atoms with E-state index in [2.05, 4.69) is 0 Å². The number of amides is 2. The SMILES string of the molecule is CC1(C)C(=CC=C(C=CC2N(CCCCS(=O)(=O)O)c3ccc4c(S(=O)(=O)O)cc(S(=O)(=O)O)cc4c3C2(C)C)c2cccc(CCC(=O)ON3C(=O)CCC3=O)c2)N=C2C1=CC(Cl)=CN2CCCCS(=O)(=O)O.[NaH]. The first-order valence-corrected chi connectivity index (χ1v) is 29.8. The van der Waals surface area contributed by atoms with Crippen LogP contribution in [0.2, 0.25) is 0 Å². The molecule has 4 aliphatic rings.